The summed E-state index contributed by atoms with van der Waals surface area (Å²) in [6, 6.07) is 2.74. The van der Waals surface area contributed by atoms with Crippen LogP contribution in [0, 0.1) is 0 Å². The van der Waals surface area contributed by atoms with Crippen LogP contribution in [0.4, 0.5) is 0 Å². The number of aromatic nitrogens is 2. The normalized spacial score (nSPS) is 10.2. The topological polar surface area (TPSA) is 78.1 Å². The number of rotatable bonds is 2. The number of benzene rings is 1. The third kappa shape index (κ3) is 2.72. The summed E-state index contributed by atoms with van der Waals surface area (Å²) in [6.45, 7) is 11.9. The molecule has 0 bridgehead atoms. The molecule has 3 aromatic rings. The minimum atomic E-state index is -0.412. The van der Waals surface area contributed by atoms with Gasteiger partial charge >= 0.3 is 0 Å². The summed E-state index contributed by atoms with van der Waals surface area (Å²) in [5.74, 6) is 0. The molecule has 6 heteroatoms. The summed E-state index contributed by atoms with van der Waals surface area (Å²) in [6.07, 6.45) is 0. The molecule has 3 rings (SSSR count). The van der Waals surface area contributed by atoms with Crippen molar-refractivity contribution in [2.45, 2.75) is 54.6 Å². The second-order valence-corrected chi connectivity index (χ2v) is 4.65. The second kappa shape index (κ2) is 7.86. The zero-order valence-corrected chi connectivity index (χ0v) is 15.1. The average Bonchev–Trinajstić information content (AvgIpc) is 3.01. The Hall–Kier alpha value is -2.50. The van der Waals surface area contributed by atoms with Crippen molar-refractivity contribution in [3.05, 3.63) is 53.5 Å². The highest BCUT2D eigenvalue weighted by Crippen LogP contribution is 2.14. The van der Waals surface area contributed by atoms with Gasteiger partial charge in [0.2, 0.25) is 0 Å². The molecule has 0 atom stereocenters. The highest BCUT2D eigenvalue weighted by atomic mass is 16.2. The van der Waals surface area contributed by atoms with Crippen molar-refractivity contribution in [1.82, 2.24) is 9.13 Å². The van der Waals surface area contributed by atoms with Crippen LogP contribution >= 0.6 is 0 Å². The molecular weight excluding hydrogens is 308 g/mol. The Balaban J connectivity index is 0.000000671. The molecule has 2 heterocycles. The third-order valence-corrected chi connectivity index (χ3v) is 3.69. The number of hydrogen-bond acceptors (Lipinski definition) is 4. The Kier molecular flexibility index (Phi) is 6.40. The fourth-order valence-corrected chi connectivity index (χ4v) is 2.65. The quantitative estimate of drug-likeness (QED) is 0.719. The maximum atomic E-state index is 12.1. The monoisotopic (exact) mass is 332 g/mol. The van der Waals surface area contributed by atoms with Gasteiger partial charge in [-0.25, -0.2) is 0 Å². The predicted molar refractivity (Wildman–Crippen MR) is 98.9 cm³/mol. The lowest BCUT2D eigenvalue weighted by molar-refractivity contribution is 0.721. The van der Waals surface area contributed by atoms with E-state index in [0.717, 1.165) is 9.13 Å². The first-order valence-electron chi connectivity index (χ1n) is 8.41. The van der Waals surface area contributed by atoms with E-state index in [2.05, 4.69) is 0 Å². The van der Waals surface area contributed by atoms with Gasteiger partial charge in [0.1, 0.15) is 0 Å². The molecule has 0 N–H and O–H groups in total. The van der Waals surface area contributed by atoms with Crippen molar-refractivity contribution in [1.29, 1.82) is 0 Å². The molecule has 0 aliphatic heterocycles. The average molecular weight is 332 g/mol. The van der Waals surface area contributed by atoms with Crippen molar-refractivity contribution < 1.29 is 0 Å². The molecular formula is C18H24N2O4. The number of nitrogens with zero attached hydrogens (tertiary/aromatic N) is 2. The maximum absolute atomic E-state index is 12.1. The second-order valence-electron chi connectivity index (χ2n) is 4.65. The van der Waals surface area contributed by atoms with E-state index < -0.39 is 22.2 Å². The lowest BCUT2D eigenvalue weighted by atomic mass is 10.1. The summed E-state index contributed by atoms with van der Waals surface area (Å²) >= 11 is 0. The summed E-state index contributed by atoms with van der Waals surface area (Å²) in [5.41, 5.74) is -1.65. The highest BCUT2D eigenvalue weighted by molar-refractivity contribution is 5.97. The zero-order valence-electron chi connectivity index (χ0n) is 15.1. The molecule has 1 aromatic carbocycles. The smallest absolute Gasteiger partial charge is 0.261 e. The molecule has 0 amide bonds. The van der Waals surface area contributed by atoms with Crippen molar-refractivity contribution in [3.63, 3.8) is 0 Å². The van der Waals surface area contributed by atoms with E-state index in [1.54, 1.807) is 13.8 Å². The molecule has 0 saturated carbocycles. The number of hydrogen-bond donors (Lipinski definition) is 0. The van der Waals surface area contributed by atoms with Crippen LogP contribution in [0.2, 0.25) is 0 Å². The Morgan fingerprint density at radius 3 is 0.958 bits per heavy atom. The van der Waals surface area contributed by atoms with Crippen molar-refractivity contribution in [2.24, 2.45) is 0 Å². The fraction of sp³-hybridized carbons (Fsp3) is 0.444. The van der Waals surface area contributed by atoms with Gasteiger partial charge in [-0.15, -0.1) is 0 Å². The van der Waals surface area contributed by atoms with Gasteiger partial charge in [-0.1, -0.05) is 27.7 Å². The van der Waals surface area contributed by atoms with E-state index in [-0.39, 0.29) is 34.6 Å². The van der Waals surface area contributed by atoms with Gasteiger partial charge in [0.15, 0.2) is 0 Å². The molecule has 0 aliphatic carbocycles. The SMILES string of the molecule is CC.CC.CCn1c(=O)c2cc3c(=O)n(CC)c(=O)c3cc2c1=O. The highest BCUT2D eigenvalue weighted by Gasteiger charge is 2.18. The Morgan fingerprint density at radius 2 is 0.792 bits per heavy atom. The van der Waals surface area contributed by atoms with Crippen LogP contribution in [-0.4, -0.2) is 9.13 Å². The molecule has 6 nitrogen and oxygen atoms in total. The van der Waals surface area contributed by atoms with Gasteiger partial charge in [0, 0.05) is 13.1 Å². The van der Waals surface area contributed by atoms with Gasteiger partial charge < -0.3 is 0 Å². The lowest BCUT2D eigenvalue weighted by Gasteiger charge is -1.89. The zero-order chi connectivity index (χ0) is 18.6. The van der Waals surface area contributed by atoms with Gasteiger partial charge in [-0.05, 0) is 26.0 Å². The first-order chi connectivity index (χ1) is 11.5. The van der Waals surface area contributed by atoms with Gasteiger partial charge in [-0.3, -0.25) is 28.3 Å². The van der Waals surface area contributed by atoms with Crippen molar-refractivity contribution in [3.8, 4) is 0 Å². The van der Waals surface area contributed by atoms with Gasteiger partial charge in [0.05, 0.1) is 21.5 Å². The molecule has 0 radical (unpaired) electrons. The molecule has 24 heavy (non-hydrogen) atoms. The molecule has 0 unspecified atom stereocenters. The van der Waals surface area contributed by atoms with Crippen LogP contribution in [0.15, 0.2) is 31.3 Å². The Morgan fingerprint density at radius 1 is 0.583 bits per heavy atom. The van der Waals surface area contributed by atoms with Crippen LogP contribution in [0.1, 0.15) is 41.5 Å². The standard InChI is InChI=1S/C14H12N2O4.2C2H6/c1-3-15-11(17)7-5-9-10(6-8(7)12(15)18)14(20)16(4-2)13(9)19;2*1-2/h5-6H,3-4H2,1-2H3;2*1-2H3. The molecule has 0 spiro atoms. The summed E-state index contributed by atoms with van der Waals surface area (Å²) in [4.78, 5) is 48.3. The molecule has 0 aliphatic rings. The van der Waals surface area contributed by atoms with E-state index in [4.69, 9.17) is 0 Å². The largest absolute Gasteiger partial charge is 0.275 e. The van der Waals surface area contributed by atoms with Crippen LogP contribution in [-0.2, 0) is 13.1 Å². The first kappa shape index (κ1) is 19.5. The number of fused-ring (bicyclic) bond motifs is 2. The summed E-state index contributed by atoms with van der Waals surface area (Å²) in [5, 5.41) is 0.814. The van der Waals surface area contributed by atoms with Crippen LogP contribution < -0.4 is 22.2 Å². The van der Waals surface area contributed by atoms with E-state index in [0.29, 0.717) is 0 Å². The third-order valence-electron chi connectivity index (χ3n) is 3.69. The predicted octanol–water partition coefficient (Wildman–Crippen LogP) is 2.00. The molecule has 130 valence electrons. The van der Waals surface area contributed by atoms with E-state index in [9.17, 15) is 19.2 Å². The van der Waals surface area contributed by atoms with Crippen LogP contribution in [0.3, 0.4) is 0 Å². The molecule has 2 aromatic heterocycles. The van der Waals surface area contributed by atoms with E-state index >= 15 is 0 Å². The van der Waals surface area contributed by atoms with Crippen LogP contribution in [0.25, 0.3) is 21.5 Å². The van der Waals surface area contributed by atoms with Crippen molar-refractivity contribution in [2.75, 3.05) is 0 Å². The maximum Gasteiger partial charge on any atom is 0.261 e. The minimum absolute atomic E-state index is 0.203. The molecule has 0 fully saturated rings. The lowest BCUT2D eigenvalue weighted by Crippen LogP contribution is -2.24. The van der Waals surface area contributed by atoms with Gasteiger partial charge in [0.25, 0.3) is 22.2 Å². The summed E-state index contributed by atoms with van der Waals surface area (Å²) in [7, 11) is 0. The van der Waals surface area contributed by atoms with E-state index in [1.807, 2.05) is 27.7 Å². The van der Waals surface area contributed by atoms with E-state index in [1.165, 1.54) is 12.1 Å². The van der Waals surface area contributed by atoms with Crippen LogP contribution in [0.5, 0.6) is 0 Å². The molecule has 0 saturated heterocycles. The van der Waals surface area contributed by atoms with Gasteiger partial charge in [-0.2, -0.15) is 0 Å². The van der Waals surface area contributed by atoms with Crippen molar-refractivity contribution >= 4 is 21.5 Å². The minimum Gasteiger partial charge on any atom is -0.275 e. The summed E-state index contributed by atoms with van der Waals surface area (Å²) < 4.78 is 2.21. The fourth-order valence-electron chi connectivity index (χ4n) is 2.65. The Bertz CT molecular complexity index is 887. The Labute approximate surface area is 139 Å². The first-order valence-corrected chi connectivity index (χ1v) is 8.41.